The lowest BCUT2D eigenvalue weighted by Gasteiger charge is -2.04. The van der Waals surface area contributed by atoms with Crippen LogP contribution in [0.15, 0.2) is 53.6 Å². The molecule has 0 aliphatic carbocycles. The summed E-state index contributed by atoms with van der Waals surface area (Å²) in [6.45, 7) is 0. The van der Waals surface area contributed by atoms with Crippen molar-refractivity contribution >= 4 is 57.3 Å². The third kappa shape index (κ3) is 4.93. The molecule has 2 aromatic carbocycles. The molecule has 2 aromatic rings. The van der Waals surface area contributed by atoms with Crippen LogP contribution >= 0.6 is 34.8 Å². The Balaban J connectivity index is 1.98. The lowest BCUT2D eigenvalue weighted by Crippen LogP contribution is -2.19. The van der Waals surface area contributed by atoms with E-state index in [2.05, 4.69) is 15.8 Å². The Morgan fingerprint density at radius 1 is 0.952 bits per heavy atom. The summed E-state index contributed by atoms with van der Waals surface area (Å²) < 4.78 is 0. The first-order chi connectivity index (χ1) is 10.0. The number of hydrogen-bond acceptors (Lipinski definition) is 3. The summed E-state index contributed by atoms with van der Waals surface area (Å²) in [4.78, 5) is 11.8. The van der Waals surface area contributed by atoms with Gasteiger partial charge in [-0.1, -0.05) is 40.9 Å². The molecule has 21 heavy (non-hydrogen) atoms. The van der Waals surface area contributed by atoms with Gasteiger partial charge >= 0.3 is 0 Å². The number of anilines is 2. The van der Waals surface area contributed by atoms with Gasteiger partial charge in [0.05, 0.1) is 5.69 Å². The summed E-state index contributed by atoms with van der Waals surface area (Å²) in [5.74, 6) is -0.534. The molecule has 0 spiro atoms. The summed E-state index contributed by atoms with van der Waals surface area (Å²) in [5.41, 5.74) is 3.85. The summed E-state index contributed by atoms with van der Waals surface area (Å²) in [6.07, 6.45) is 0. The zero-order valence-corrected chi connectivity index (χ0v) is 12.9. The molecule has 0 radical (unpaired) electrons. The first kappa shape index (κ1) is 15.6. The molecule has 0 aliphatic heterocycles. The van der Waals surface area contributed by atoms with Crippen LogP contribution in [0.4, 0.5) is 11.4 Å². The number of nitrogens with one attached hydrogen (secondary N) is 2. The summed E-state index contributed by atoms with van der Waals surface area (Å²) in [7, 11) is 0. The second-order valence-corrected chi connectivity index (χ2v) is 5.22. The molecule has 7 heteroatoms. The topological polar surface area (TPSA) is 53.5 Å². The third-order valence-electron chi connectivity index (χ3n) is 2.40. The van der Waals surface area contributed by atoms with E-state index >= 15 is 0 Å². The van der Waals surface area contributed by atoms with E-state index in [1.54, 1.807) is 48.5 Å². The molecule has 0 atom stereocenters. The Bertz CT molecular complexity index is 671. The highest BCUT2D eigenvalue weighted by Crippen LogP contribution is 2.15. The molecular weight excluding hydrogens is 333 g/mol. The van der Waals surface area contributed by atoms with Crippen molar-refractivity contribution in [3.8, 4) is 0 Å². The van der Waals surface area contributed by atoms with Crippen LogP contribution in [0.3, 0.4) is 0 Å². The SMILES string of the molecule is O=C(Nc1ccc(Cl)cc1)/C(Cl)=N/Nc1cccc(Cl)c1. The Hall–Kier alpha value is -1.75. The van der Waals surface area contributed by atoms with Crippen molar-refractivity contribution in [1.29, 1.82) is 0 Å². The van der Waals surface area contributed by atoms with Crippen molar-refractivity contribution in [3.63, 3.8) is 0 Å². The normalized spacial score (nSPS) is 11.1. The minimum absolute atomic E-state index is 0.232. The molecule has 0 unspecified atom stereocenters. The largest absolute Gasteiger partial charge is 0.320 e. The number of hydrogen-bond donors (Lipinski definition) is 2. The summed E-state index contributed by atoms with van der Waals surface area (Å²) in [5, 5.41) is 7.27. The number of benzene rings is 2. The van der Waals surface area contributed by atoms with Crippen LogP contribution in [0, 0.1) is 0 Å². The number of halogens is 3. The van der Waals surface area contributed by atoms with Gasteiger partial charge in [-0.3, -0.25) is 10.2 Å². The van der Waals surface area contributed by atoms with E-state index in [-0.39, 0.29) is 5.17 Å². The molecule has 1 amide bonds. The second kappa shape index (κ2) is 7.31. The molecule has 0 fully saturated rings. The van der Waals surface area contributed by atoms with Gasteiger partial charge in [0.15, 0.2) is 0 Å². The molecule has 2 rings (SSSR count). The first-order valence-electron chi connectivity index (χ1n) is 5.86. The van der Waals surface area contributed by atoms with E-state index < -0.39 is 5.91 Å². The van der Waals surface area contributed by atoms with Gasteiger partial charge in [0.1, 0.15) is 0 Å². The van der Waals surface area contributed by atoms with Gasteiger partial charge < -0.3 is 5.32 Å². The van der Waals surface area contributed by atoms with Crippen molar-refractivity contribution in [2.24, 2.45) is 5.10 Å². The van der Waals surface area contributed by atoms with E-state index in [1.165, 1.54) is 0 Å². The van der Waals surface area contributed by atoms with Crippen molar-refractivity contribution < 1.29 is 4.79 Å². The van der Waals surface area contributed by atoms with Crippen LogP contribution in [-0.4, -0.2) is 11.1 Å². The zero-order chi connectivity index (χ0) is 15.2. The highest BCUT2D eigenvalue weighted by Gasteiger charge is 2.09. The maximum atomic E-state index is 11.8. The van der Waals surface area contributed by atoms with Crippen LogP contribution in [0.1, 0.15) is 0 Å². The molecule has 2 N–H and O–H groups in total. The predicted molar refractivity (Wildman–Crippen MR) is 88.4 cm³/mol. The van der Waals surface area contributed by atoms with Gasteiger partial charge in [-0.05, 0) is 42.5 Å². The van der Waals surface area contributed by atoms with Crippen molar-refractivity contribution in [2.75, 3.05) is 10.7 Å². The van der Waals surface area contributed by atoms with Gasteiger partial charge in [0.25, 0.3) is 5.91 Å². The summed E-state index contributed by atoms with van der Waals surface area (Å²) in [6, 6.07) is 13.5. The number of nitrogens with zero attached hydrogens (tertiary/aromatic N) is 1. The number of carbonyl (C=O) groups is 1. The molecule has 4 nitrogen and oxygen atoms in total. The Kier molecular flexibility index (Phi) is 5.44. The lowest BCUT2D eigenvalue weighted by atomic mass is 10.3. The molecule has 0 bridgehead atoms. The average molecular weight is 343 g/mol. The Morgan fingerprint density at radius 2 is 1.67 bits per heavy atom. The molecule has 108 valence electrons. The predicted octanol–water partition coefficient (Wildman–Crippen LogP) is 4.60. The fourth-order valence-corrected chi connectivity index (χ4v) is 1.84. The van der Waals surface area contributed by atoms with E-state index in [0.717, 1.165) is 0 Å². The van der Waals surface area contributed by atoms with E-state index in [9.17, 15) is 4.79 Å². The van der Waals surface area contributed by atoms with Crippen molar-refractivity contribution in [3.05, 3.63) is 58.6 Å². The molecule has 0 saturated carbocycles. The third-order valence-corrected chi connectivity index (χ3v) is 3.14. The maximum absolute atomic E-state index is 11.8. The molecule has 0 saturated heterocycles. The van der Waals surface area contributed by atoms with Crippen LogP contribution in [0.25, 0.3) is 0 Å². The van der Waals surface area contributed by atoms with Crippen LogP contribution in [0.2, 0.25) is 10.0 Å². The molecule has 0 aromatic heterocycles. The lowest BCUT2D eigenvalue weighted by molar-refractivity contribution is -0.110. The minimum Gasteiger partial charge on any atom is -0.320 e. The fourth-order valence-electron chi connectivity index (χ4n) is 1.44. The number of amides is 1. The average Bonchev–Trinajstić information content (AvgIpc) is 2.47. The molecule has 0 heterocycles. The van der Waals surface area contributed by atoms with Gasteiger partial charge in [-0.2, -0.15) is 5.10 Å². The standard InChI is InChI=1S/C14H10Cl3N3O/c15-9-4-6-11(7-5-9)18-14(21)13(17)20-19-12-3-1-2-10(16)8-12/h1-8,19H,(H,18,21)/b20-13-. The van der Waals surface area contributed by atoms with E-state index in [1.807, 2.05) is 0 Å². The van der Waals surface area contributed by atoms with Gasteiger partial charge in [-0.15, -0.1) is 0 Å². The second-order valence-electron chi connectivity index (χ2n) is 3.99. The summed E-state index contributed by atoms with van der Waals surface area (Å²) >= 11 is 17.4. The van der Waals surface area contributed by atoms with Gasteiger partial charge in [-0.25, -0.2) is 0 Å². The van der Waals surface area contributed by atoms with Gasteiger partial charge in [0, 0.05) is 15.7 Å². The zero-order valence-electron chi connectivity index (χ0n) is 10.6. The number of rotatable bonds is 4. The Labute approximate surface area is 136 Å². The highest BCUT2D eigenvalue weighted by molar-refractivity contribution is 6.84. The van der Waals surface area contributed by atoms with Gasteiger partial charge in [0.2, 0.25) is 5.17 Å². The van der Waals surface area contributed by atoms with Crippen LogP contribution in [0.5, 0.6) is 0 Å². The van der Waals surface area contributed by atoms with Crippen LogP contribution < -0.4 is 10.7 Å². The fraction of sp³-hybridized carbons (Fsp3) is 0. The quantitative estimate of drug-likeness (QED) is 0.630. The minimum atomic E-state index is -0.534. The number of carbonyl (C=O) groups excluding carboxylic acids is 1. The van der Waals surface area contributed by atoms with Crippen LogP contribution in [-0.2, 0) is 4.79 Å². The van der Waals surface area contributed by atoms with E-state index in [0.29, 0.717) is 21.4 Å². The smallest absolute Gasteiger partial charge is 0.287 e. The highest BCUT2D eigenvalue weighted by atomic mass is 35.5. The monoisotopic (exact) mass is 341 g/mol. The Morgan fingerprint density at radius 3 is 2.33 bits per heavy atom. The van der Waals surface area contributed by atoms with Crippen molar-refractivity contribution in [1.82, 2.24) is 0 Å². The molecule has 0 aliphatic rings. The maximum Gasteiger partial charge on any atom is 0.287 e. The number of hydrazone groups is 1. The molecular formula is C14H10Cl3N3O. The van der Waals surface area contributed by atoms with Crippen molar-refractivity contribution in [2.45, 2.75) is 0 Å². The van der Waals surface area contributed by atoms with E-state index in [4.69, 9.17) is 34.8 Å². The first-order valence-corrected chi connectivity index (χ1v) is 6.99.